The molecule has 0 aliphatic carbocycles. The molecule has 0 saturated heterocycles. The van der Waals surface area contributed by atoms with E-state index in [2.05, 4.69) is 31.9 Å². The maximum Gasteiger partial charge on any atom is 0.245 e. The van der Waals surface area contributed by atoms with Crippen molar-refractivity contribution in [2.75, 3.05) is 10.6 Å². The van der Waals surface area contributed by atoms with Crippen LogP contribution < -0.4 is 10.6 Å². The summed E-state index contributed by atoms with van der Waals surface area (Å²) in [5.41, 5.74) is 2.97. The third-order valence-electron chi connectivity index (χ3n) is 3.24. The van der Waals surface area contributed by atoms with Gasteiger partial charge in [0.25, 0.3) is 0 Å². The summed E-state index contributed by atoms with van der Waals surface area (Å²) in [6.07, 6.45) is 3.17. The number of furan rings is 1. The summed E-state index contributed by atoms with van der Waals surface area (Å²) in [5, 5.41) is 14.8. The third kappa shape index (κ3) is 3.78. The molecule has 23 heavy (non-hydrogen) atoms. The standard InChI is InChI=1S/C16H16ClN5O/c1-10-6-11(2)15(13(17)7-10)20-14-9-19-22-16(21-14)18-8-12-4-3-5-23-12/h3-7,9H,8H2,1-2H3,(H2,18,20,21,22). The van der Waals surface area contributed by atoms with E-state index in [9.17, 15) is 0 Å². The summed E-state index contributed by atoms with van der Waals surface area (Å²) in [5.74, 6) is 1.77. The van der Waals surface area contributed by atoms with E-state index in [1.807, 2.05) is 32.0 Å². The van der Waals surface area contributed by atoms with Gasteiger partial charge in [0.05, 0.1) is 29.7 Å². The monoisotopic (exact) mass is 329 g/mol. The Hall–Kier alpha value is -2.60. The summed E-state index contributed by atoms with van der Waals surface area (Å²) < 4.78 is 5.25. The molecule has 2 aromatic heterocycles. The molecule has 0 saturated carbocycles. The van der Waals surface area contributed by atoms with E-state index in [1.165, 1.54) is 0 Å². The van der Waals surface area contributed by atoms with Crippen LogP contribution in [0.3, 0.4) is 0 Å². The smallest absolute Gasteiger partial charge is 0.245 e. The molecule has 1 aromatic carbocycles. The Morgan fingerprint density at radius 2 is 2.13 bits per heavy atom. The zero-order chi connectivity index (χ0) is 16.2. The zero-order valence-electron chi connectivity index (χ0n) is 12.8. The van der Waals surface area contributed by atoms with Gasteiger partial charge in [-0.3, -0.25) is 0 Å². The topological polar surface area (TPSA) is 75.9 Å². The van der Waals surface area contributed by atoms with Gasteiger partial charge in [0.2, 0.25) is 5.95 Å². The van der Waals surface area contributed by atoms with Gasteiger partial charge in [-0.1, -0.05) is 17.7 Å². The molecule has 0 aliphatic rings. The van der Waals surface area contributed by atoms with E-state index in [1.54, 1.807) is 12.5 Å². The van der Waals surface area contributed by atoms with Gasteiger partial charge in [-0.05, 0) is 43.2 Å². The Labute approximate surface area is 138 Å². The number of rotatable bonds is 5. The highest BCUT2D eigenvalue weighted by molar-refractivity contribution is 6.33. The normalized spacial score (nSPS) is 10.6. The first-order chi connectivity index (χ1) is 11.1. The van der Waals surface area contributed by atoms with Crippen molar-refractivity contribution >= 4 is 29.1 Å². The number of anilines is 3. The second-order valence-corrected chi connectivity index (χ2v) is 5.57. The molecule has 0 fully saturated rings. The fourth-order valence-electron chi connectivity index (χ4n) is 2.22. The first-order valence-corrected chi connectivity index (χ1v) is 7.49. The van der Waals surface area contributed by atoms with Crippen LogP contribution in [0.1, 0.15) is 16.9 Å². The minimum atomic E-state index is 0.410. The average Bonchev–Trinajstić information content (AvgIpc) is 3.03. The number of benzene rings is 1. The second-order valence-electron chi connectivity index (χ2n) is 5.16. The largest absolute Gasteiger partial charge is 0.467 e. The van der Waals surface area contributed by atoms with Crippen LogP contribution in [0, 0.1) is 13.8 Å². The molecule has 3 rings (SSSR count). The number of hydrogen-bond donors (Lipinski definition) is 2. The lowest BCUT2D eigenvalue weighted by molar-refractivity contribution is 0.517. The predicted octanol–water partition coefficient (Wildman–Crippen LogP) is 4.09. The number of hydrogen-bond acceptors (Lipinski definition) is 6. The minimum absolute atomic E-state index is 0.410. The van der Waals surface area contributed by atoms with Crippen LogP contribution in [0.5, 0.6) is 0 Å². The van der Waals surface area contributed by atoms with Crippen molar-refractivity contribution in [2.24, 2.45) is 0 Å². The van der Waals surface area contributed by atoms with Gasteiger partial charge in [-0.15, -0.1) is 5.10 Å². The predicted molar refractivity (Wildman–Crippen MR) is 90.1 cm³/mol. The van der Waals surface area contributed by atoms with Crippen molar-refractivity contribution in [2.45, 2.75) is 20.4 Å². The first-order valence-electron chi connectivity index (χ1n) is 7.11. The molecular weight excluding hydrogens is 314 g/mol. The zero-order valence-corrected chi connectivity index (χ0v) is 13.6. The van der Waals surface area contributed by atoms with Crippen molar-refractivity contribution in [3.05, 3.63) is 58.6 Å². The van der Waals surface area contributed by atoms with Crippen molar-refractivity contribution in [1.29, 1.82) is 0 Å². The molecule has 0 atom stereocenters. The lowest BCUT2D eigenvalue weighted by Gasteiger charge is -2.12. The Balaban J connectivity index is 1.75. The molecule has 118 valence electrons. The molecule has 0 amide bonds. The molecule has 0 unspecified atom stereocenters. The van der Waals surface area contributed by atoms with Gasteiger partial charge in [0, 0.05) is 0 Å². The Kier molecular flexibility index (Phi) is 4.43. The van der Waals surface area contributed by atoms with Crippen molar-refractivity contribution in [3.8, 4) is 0 Å². The molecule has 0 spiro atoms. The highest BCUT2D eigenvalue weighted by atomic mass is 35.5. The Bertz CT molecular complexity index is 781. The Morgan fingerprint density at radius 1 is 1.26 bits per heavy atom. The van der Waals surface area contributed by atoms with Crippen LogP contribution >= 0.6 is 11.6 Å². The first kappa shape index (κ1) is 15.3. The maximum atomic E-state index is 6.30. The molecule has 0 radical (unpaired) electrons. The number of aryl methyl sites for hydroxylation is 2. The van der Waals surface area contributed by atoms with Crippen LogP contribution in [-0.2, 0) is 6.54 Å². The summed E-state index contributed by atoms with van der Waals surface area (Å²) in [7, 11) is 0. The SMILES string of the molecule is Cc1cc(C)c(Nc2cnnc(NCc3ccco3)n2)c(Cl)c1. The molecular formula is C16H16ClN5O. The van der Waals surface area contributed by atoms with E-state index in [0.717, 1.165) is 22.6 Å². The molecule has 3 aromatic rings. The number of nitrogens with zero attached hydrogens (tertiary/aromatic N) is 3. The van der Waals surface area contributed by atoms with Crippen LogP contribution in [0.2, 0.25) is 5.02 Å². The highest BCUT2D eigenvalue weighted by Crippen LogP contribution is 2.29. The van der Waals surface area contributed by atoms with Crippen molar-refractivity contribution in [3.63, 3.8) is 0 Å². The van der Waals surface area contributed by atoms with Gasteiger partial charge in [-0.2, -0.15) is 10.1 Å². The molecule has 2 heterocycles. The molecule has 2 N–H and O–H groups in total. The van der Waals surface area contributed by atoms with Crippen LogP contribution in [0.4, 0.5) is 17.5 Å². The minimum Gasteiger partial charge on any atom is -0.467 e. The summed E-state index contributed by atoms with van der Waals surface area (Å²) in [6.45, 7) is 4.49. The maximum absolute atomic E-state index is 6.30. The van der Waals surface area contributed by atoms with Crippen molar-refractivity contribution < 1.29 is 4.42 Å². The van der Waals surface area contributed by atoms with Crippen LogP contribution in [-0.4, -0.2) is 15.2 Å². The quantitative estimate of drug-likeness (QED) is 0.734. The second kappa shape index (κ2) is 6.66. The fourth-order valence-corrected chi connectivity index (χ4v) is 2.59. The van der Waals surface area contributed by atoms with Gasteiger partial charge >= 0.3 is 0 Å². The van der Waals surface area contributed by atoms with E-state index in [-0.39, 0.29) is 0 Å². The van der Waals surface area contributed by atoms with Crippen LogP contribution in [0.15, 0.2) is 41.1 Å². The van der Waals surface area contributed by atoms with E-state index >= 15 is 0 Å². The molecule has 0 bridgehead atoms. The number of halogens is 1. The highest BCUT2D eigenvalue weighted by Gasteiger charge is 2.08. The van der Waals surface area contributed by atoms with Crippen molar-refractivity contribution in [1.82, 2.24) is 15.2 Å². The lowest BCUT2D eigenvalue weighted by atomic mass is 10.1. The molecule has 0 aliphatic heterocycles. The summed E-state index contributed by atoms with van der Waals surface area (Å²) >= 11 is 6.30. The third-order valence-corrected chi connectivity index (χ3v) is 3.54. The van der Waals surface area contributed by atoms with Crippen LogP contribution in [0.25, 0.3) is 0 Å². The van der Waals surface area contributed by atoms with E-state index in [0.29, 0.717) is 23.3 Å². The Morgan fingerprint density at radius 3 is 2.87 bits per heavy atom. The van der Waals surface area contributed by atoms with E-state index in [4.69, 9.17) is 16.0 Å². The van der Waals surface area contributed by atoms with Gasteiger partial charge in [0.15, 0.2) is 5.82 Å². The average molecular weight is 330 g/mol. The lowest BCUT2D eigenvalue weighted by Crippen LogP contribution is -2.06. The van der Waals surface area contributed by atoms with Gasteiger partial charge in [0.1, 0.15) is 5.76 Å². The molecule has 7 heteroatoms. The fraction of sp³-hybridized carbons (Fsp3) is 0.188. The molecule has 6 nitrogen and oxygen atoms in total. The number of nitrogens with one attached hydrogen (secondary N) is 2. The summed E-state index contributed by atoms with van der Waals surface area (Å²) in [4.78, 5) is 4.38. The summed E-state index contributed by atoms with van der Waals surface area (Å²) in [6, 6.07) is 7.66. The van der Waals surface area contributed by atoms with Gasteiger partial charge in [-0.25, -0.2) is 0 Å². The van der Waals surface area contributed by atoms with E-state index < -0.39 is 0 Å². The number of aromatic nitrogens is 3. The van der Waals surface area contributed by atoms with Gasteiger partial charge < -0.3 is 15.1 Å².